The highest BCUT2D eigenvalue weighted by Gasteiger charge is 2.21. The number of morpholine rings is 1. The predicted molar refractivity (Wildman–Crippen MR) is 106 cm³/mol. The lowest BCUT2D eigenvalue weighted by Gasteiger charge is -2.27. The molecule has 0 spiro atoms. The molecule has 2 amide bonds. The maximum atomic E-state index is 12.7. The number of rotatable bonds is 6. The molecule has 1 N–H and O–H groups in total. The molecule has 0 saturated carbocycles. The summed E-state index contributed by atoms with van der Waals surface area (Å²) in [5, 5.41) is 2.52. The molecule has 1 aromatic carbocycles. The molecule has 1 aromatic heterocycles. The van der Waals surface area contributed by atoms with Crippen LogP contribution >= 0.6 is 0 Å². The normalized spacial score (nSPS) is 13.7. The van der Waals surface area contributed by atoms with Crippen molar-refractivity contribution < 1.29 is 23.8 Å². The molecule has 0 aliphatic carbocycles. The minimum absolute atomic E-state index is 0.0141. The van der Waals surface area contributed by atoms with Gasteiger partial charge in [-0.15, -0.1) is 0 Å². The Labute approximate surface area is 167 Å². The molecule has 9 nitrogen and oxygen atoms in total. The molecule has 1 aliphatic rings. The molecular formula is C20H23N3O6. The van der Waals surface area contributed by atoms with Crippen LogP contribution in [-0.2, 0) is 16.6 Å². The summed E-state index contributed by atoms with van der Waals surface area (Å²) < 4.78 is 17.2. The number of hydrogen-bond acceptors (Lipinski definition) is 6. The summed E-state index contributed by atoms with van der Waals surface area (Å²) in [6, 6.07) is 8.32. The van der Waals surface area contributed by atoms with Gasteiger partial charge in [-0.05, 0) is 18.2 Å². The largest absolute Gasteiger partial charge is 0.493 e. The highest BCUT2D eigenvalue weighted by atomic mass is 16.5. The quantitative estimate of drug-likeness (QED) is 0.772. The Morgan fingerprint density at radius 2 is 1.86 bits per heavy atom. The number of amides is 2. The molecule has 0 atom stereocenters. The van der Waals surface area contributed by atoms with E-state index in [1.54, 1.807) is 29.2 Å². The standard InChI is InChI=1S/C20H23N3O6/c1-22-12-14(19(25)23-7-9-28-10-8-23)11-15(20(22)26)21-18(24)13-29-17-6-4-3-5-16(17)27-2/h3-6,11-12H,7-10,13H2,1-2H3,(H,21,24). The minimum atomic E-state index is -0.524. The molecule has 1 fully saturated rings. The number of carbonyl (C=O) groups is 2. The van der Waals surface area contributed by atoms with Crippen molar-refractivity contribution >= 4 is 17.5 Å². The molecule has 1 saturated heterocycles. The van der Waals surface area contributed by atoms with E-state index in [1.165, 1.54) is 31.0 Å². The zero-order valence-corrected chi connectivity index (χ0v) is 16.3. The Balaban J connectivity index is 1.71. The van der Waals surface area contributed by atoms with Crippen LogP contribution < -0.4 is 20.3 Å². The van der Waals surface area contributed by atoms with Gasteiger partial charge in [-0.25, -0.2) is 0 Å². The maximum Gasteiger partial charge on any atom is 0.274 e. The Morgan fingerprint density at radius 1 is 1.17 bits per heavy atom. The molecule has 9 heteroatoms. The number of carbonyl (C=O) groups excluding carboxylic acids is 2. The van der Waals surface area contributed by atoms with Crippen molar-refractivity contribution in [2.24, 2.45) is 7.05 Å². The zero-order chi connectivity index (χ0) is 20.8. The van der Waals surface area contributed by atoms with Gasteiger partial charge in [0.2, 0.25) is 0 Å². The number of nitrogens with one attached hydrogen (secondary N) is 1. The Morgan fingerprint density at radius 3 is 2.55 bits per heavy atom. The van der Waals surface area contributed by atoms with Gasteiger partial charge in [0, 0.05) is 26.3 Å². The lowest BCUT2D eigenvalue weighted by Crippen LogP contribution is -2.41. The first-order valence-corrected chi connectivity index (χ1v) is 9.13. The van der Waals surface area contributed by atoms with Crippen LogP contribution in [0.1, 0.15) is 10.4 Å². The van der Waals surface area contributed by atoms with Crippen molar-refractivity contribution in [1.29, 1.82) is 0 Å². The molecule has 3 rings (SSSR count). The Hall–Kier alpha value is -3.33. The fraction of sp³-hybridized carbons (Fsp3) is 0.350. The van der Waals surface area contributed by atoms with Gasteiger partial charge in [-0.1, -0.05) is 12.1 Å². The molecule has 0 radical (unpaired) electrons. The summed E-state index contributed by atoms with van der Waals surface area (Å²) in [6.45, 7) is 1.60. The van der Waals surface area contributed by atoms with E-state index in [4.69, 9.17) is 14.2 Å². The number of ether oxygens (including phenoxy) is 3. The van der Waals surface area contributed by atoms with Gasteiger partial charge in [-0.3, -0.25) is 14.4 Å². The summed E-state index contributed by atoms with van der Waals surface area (Å²) in [5.74, 6) is 0.164. The SMILES string of the molecule is COc1ccccc1OCC(=O)Nc1cc(C(=O)N2CCOCC2)cn(C)c1=O. The zero-order valence-electron chi connectivity index (χ0n) is 16.3. The Bertz CT molecular complexity index is 949. The molecule has 0 unspecified atom stereocenters. The average molecular weight is 401 g/mol. The number of hydrogen-bond donors (Lipinski definition) is 1. The van der Waals surface area contributed by atoms with Crippen molar-refractivity contribution in [3.63, 3.8) is 0 Å². The van der Waals surface area contributed by atoms with E-state index < -0.39 is 11.5 Å². The van der Waals surface area contributed by atoms with E-state index >= 15 is 0 Å². The van der Waals surface area contributed by atoms with Gasteiger partial charge < -0.3 is 29.0 Å². The lowest BCUT2D eigenvalue weighted by molar-refractivity contribution is -0.118. The molecule has 29 heavy (non-hydrogen) atoms. The van der Waals surface area contributed by atoms with Crippen molar-refractivity contribution in [2.45, 2.75) is 0 Å². The number of anilines is 1. The van der Waals surface area contributed by atoms with Crippen molar-refractivity contribution in [3.05, 3.63) is 52.4 Å². The van der Waals surface area contributed by atoms with Crippen LogP contribution in [0.4, 0.5) is 5.69 Å². The molecule has 1 aliphatic heterocycles. The van der Waals surface area contributed by atoms with E-state index in [2.05, 4.69) is 5.32 Å². The number of aromatic nitrogens is 1. The fourth-order valence-electron chi connectivity index (χ4n) is 2.93. The van der Waals surface area contributed by atoms with Gasteiger partial charge in [-0.2, -0.15) is 0 Å². The smallest absolute Gasteiger partial charge is 0.274 e. The molecular weight excluding hydrogens is 378 g/mol. The predicted octanol–water partition coefficient (Wildman–Crippen LogP) is 0.884. The summed E-state index contributed by atoms with van der Waals surface area (Å²) >= 11 is 0. The lowest BCUT2D eigenvalue weighted by atomic mass is 10.2. The second kappa shape index (κ2) is 9.24. The number of aryl methyl sites for hydroxylation is 1. The maximum absolute atomic E-state index is 12.7. The van der Waals surface area contributed by atoms with Crippen LogP contribution in [0.5, 0.6) is 11.5 Å². The summed E-state index contributed by atoms with van der Waals surface area (Å²) in [7, 11) is 3.03. The second-order valence-corrected chi connectivity index (χ2v) is 6.45. The molecule has 0 bridgehead atoms. The van der Waals surface area contributed by atoms with Crippen molar-refractivity contribution in [2.75, 3.05) is 45.3 Å². The number of nitrogens with zero attached hydrogens (tertiary/aromatic N) is 2. The third-order valence-corrected chi connectivity index (χ3v) is 4.43. The van der Waals surface area contributed by atoms with E-state index in [0.717, 1.165) is 0 Å². The molecule has 2 heterocycles. The number of methoxy groups -OCH3 is 1. The van der Waals surface area contributed by atoms with Gasteiger partial charge in [0.1, 0.15) is 5.69 Å². The topological polar surface area (TPSA) is 99.1 Å². The number of para-hydroxylation sites is 2. The first-order valence-electron chi connectivity index (χ1n) is 9.13. The van der Waals surface area contributed by atoms with Crippen molar-refractivity contribution in [3.8, 4) is 11.5 Å². The fourth-order valence-corrected chi connectivity index (χ4v) is 2.93. The summed E-state index contributed by atoms with van der Waals surface area (Å²) in [4.78, 5) is 39.0. The first-order chi connectivity index (χ1) is 14.0. The number of benzene rings is 1. The van der Waals surface area contributed by atoms with E-state index in [9.17, 15) is 14.4 Å². The Kier molecular flexibility index (Phi) is 6.50. The van der Waals surface area contributed by atoms with E-state index in [1.807, 2.05) is 0 Å². The van der Waals surface area contributed by atoms with Crippen LogP contribution in [0, 0.1) is 0 Å². The minimum Gasteiger partial charge on any atom is -0.493 e. The first kappa shape index (κ1) is 20.4. The van der Waals surface area contributed by atoms with Crippen LogP contribution in [0.15, 0.2) is 41.3 Å². The highest BCUT2D eigenvalue weighted by Crippen LogP contribution is 2.25. The van der Waals surface area contributed by atoms with E-state index in [0.29, 0.717) is 43.4 Å². The molecule has 2 aromatic rings. The van der Waals surface area contributed by atoms with Crippen molar-refractivity contribution in [1.82, 2.24) is 9.47 Å². The van der Waals surface area contributed by atoms with Crippen LogP contribution in [0.2, 0.25) is 0 Å². The summed E-state index contributed by atoms with van der Waals surface area (Å²) in [5.41, 5.74) is -0.0932. The third-order valence-electron chi connectivity index (χ3n) is 4.43. The highest BCUT2D eigenvalue weighted by molar-refractivity contribution is 5.97. The number of pyridine rings is 1. The summed E-state index contributed by atoms with van der Waals surface area (Å²) in [6.07, 6.45) is 1.46. The van der Waals surface area contributed by atoms with Crippen LogP contribution in [-0.4, -0.2) is 61.3 Å². The third kappa shape index (κ3) is 4.94. The van der Waals surface area contributed by atoms with Crippen LogP contribution in [0.25, 0.3) is 0 Å². The van der Waals surface area contributed by atoms with Gasteiger partial charge in [0.25, 0.3) is 17.4 Å². The molecule has 154 valence electrons. The average Bonchev–Trinajstić information content (AvgIpc) is 2.75. The van der Waals surface area contributed by atoms with Gasteiger partial charge >= 0.3 is 0 Å². The van der Waals surface area contributed by atoms with E-state index in [-0.39, 0.29) is 18.2 Å². The monoisotopic (exact) mass is 401 g/mol. The van der Waals surface area contributed by atoms with Gasteiger partial charge in [0.15, 0.2) is 18.1 Å². The van der Waals surface area contributed by atoms with Crippen LogP contribution in [0.3, 0.4) is 0 Å². The van der Waals surface area contributed by atoms with Gasteiger partial charge in [0.05, 0.1) is 25.9 Å². The second-order valence-electron chi connectivity index (χ2n) is 6.45.